The van der Waals surface area contributed by atoms with E-state index in [1.807, 2.05) is 0 Å². The molecule has 0 bridgehead atoms. The molecule has 0 saturated carbocycles. The Morgan fingerprint density at radius 2 is 1.87 bits per heavy atom. The zero-order valence-corrected chi connectivity index (χ0v) is 9.12. The topological polar surface area (TPSA) is 75.6 Å². The quantitative estimate of drug-likeness (QED) is 0.452. The zero-order valence-electron chi connectivity index (χ0n) is 9.12. The van der Waals surface area contributed by atoms with E-state index in [4.69, 9.17) is 5.11 Å². The third kappa shape index (κ3) is 10.8. The molecule has 0 amide bonds. The summed E-state index contributed by atoms with van der Waals surface area (Å²) in [4.78, 5) is 25.5. The normalized spacial score (nSPS) is 9.93. The number of unbranched alkanes of at least 4 members (excludes halogenated alkanes) is 4. The highest BCUT2D eigenvalue weighted by Gasteiger charge is 2.03. The van der Waals surface area contributed by atoms with Crippen LogP contribution >= 0.6 is 0 Å². The summed E-state index contributed by atoms with van der Waals surface area (Å²) < 4.78 is 0. The summed E-state index contributed by atoms with van der Waals surface area (Å²) in [6.45, 7) is 1.77. The molecule has 88 valence electrons. The van der Waals surface area contributed by atoms with Crippen LogP contribution in [-0.2, 0) is 14.4 Å². The first-order valence-electron chi connectivity index (χ1n) is 5.31. The smallest absolute Gasteiger partial charge is 0.324 e. The van der Waals surface area contributed by atoms with Crippen molar-refractivity contribution in [3.8, 4) is 0 Å². The molecule has 15 heavy (non-hydrogen) atoms. The van der Waals surface area contributed by atoms with Crippen molar-refractivity contribution in [2.45, 2.75) is 45.4 Å². The SMILES string of the molecule is CCCCCCCC(=O)ONCC(=O)O. The average molecular weight is 217 g/mol. The number of carboxylic acid groups (broad SMARTS) is 1. The van der Waals surface area contributed by atoms with Crippen molar-refractivity contribution in [2.75, 3.05) is 6.54 Å². The number of nitrogens with one attached hydrogen (secondary N) is 1. The van der Waals surface area contributed by atoms with Gasteiger partial charge in [0.05, 0.1) is 0 Å². The van der Waals surface area contributed by atoms with Gasteiger partial charge in [0.2, 0.25) is 0 Å². The van der Waals surface area contributed by atoms with E-state index in [-0.39, 0.29) is 6.54 Å². The maximum Gasteiger partial charge on any atom is 0.324 e. The molecule has 5 nitrogen and oxygen atoms in total. The van der Waals surface area contributed by atoms with Gasteiger partial charge in [-0.3, -0.25) is 9.59 Å². The van der Waals surface area contributed by atoms with Crippen molar-refractivity contribution in [3.63, 3.8) is 0 Å². The summed E-state index contributed by atoms with van der Waals surface area (Å²) in [6.07, 6.45) is 5.65. The summed E-state index contributed by atoms with van der Waals surface area (Å²) in [5.74, 6) is -1.45. The Hall–Kier alpha value is -1.10. The van der Waals surface area contributed by atoms with Gasteiger partial charge in [0.1, 0.15) is 6.54 Å². The largest absolute Gasteiger partial charge is 0.480 e. The van der Waals surface area contributed by atoms with Crippen LogP contribution in [0.3, 0.4) is 0 Å². The van der Waals surface area contributed by atoms with E-state index in [0.717, 1.165) is 19.3 Å². The molecular formula is C10H19NO4. The van der Waals surface area contributed by atoms with Gasteiger partial charge in [-0.2, -0.15) is 0 Å². The fourth-order valence-corrected chi connectivity index (χ4v) is 1.10. The van der Waals surface area contributed by atoms with Crippen LogP contribution in [0.25, 0.3) is 0 Å². The van der Waals surface area contributed by atoms with Crippen LogP contribution in [0, 0.1) is 0 Å². The first-order chi connectivity index (χ1) is 7.16. The molecule has 0 aliphatic rings. The fourth-order valence-electron chi connectivity index (χ4n) is 1.10. The highest BCUT2D eigenvalue weighted by atomic mass is 16.7. The number of carboxylic acids is 1. The minimum atomic E-state index is -1.05. The van der Waals surface area contributed by atoms with Gasteiger partial charge in [-0.05, 0) is 6.42 Å². The second-order valence-corrected chi connectivity index (χ2v) is 3.35. The molecule has 0 atom stereocenters. The molecule has 0 aromatic carbocycles. The Labute approximate surface area is 89.8 Å². The van der Waals surface area contributed by atoms with Crippen LogP contribution < -0.4 is 5.48 Å². The van der Waals surface area contributed by atoms with Gasteiger partial charge in [0, 0.05) is 6.42 Å². The van der Waals surface area contributed by atoms with Crippen LogP contribution in [0.2, 0.25) is 0 Å². The molecule has 0 aliphatic carbocycles. The maximum absolute atomic E-state index is 11.0. The van der Waals surface area contributed by atoms with E-state index in [1.54, 1.807) is 0 Å². The predicted octanol–water partition coefficient (Wildman–Crippen LogP) is 1.48. The fraction of sp³-hybridized carbons (Fsp3) is 0.800. The molecule has 0 heterocycles. The van der Waals surface area contributed by atoms with E-state index in [9.17, 15) is 9.59 Å². The van der Waals surface area contributed by atoms with E-state index in [2.05, 4.69) is 17.2 Å². The van der Waals surface area contributed by atoms with Crippen LogP contribution in [0.5, 0.6) is 0 Å². The molecular weight excluding hydrogens is 198 g/mol. The summed E-state index contributed by atoms with van der Waals surface area (Å²) in [6, 6.07) is 0. The van der Waals surface area contributed by atoms with Gasteiger partial charge < -0.3 is 9.94 Å². The molecule has 0 rings (SSSR count). The van der Waals surface area contributed by atoms with Crippen molar-refractivity contribution >= 4 is 11.9 Å². The van der Waals surface area contributed by atoms with Crippen LogP contribution in [0.15, 0.2) is 0 Å². The maximum atomic E-state index is 11.0. The summed E-state index contributed by atoms with van der Waals surface area (Å²) in [5, 5.41) is 8.25. The molecule has 0 fully saturated rings. The minimum Gasteiger partial charge on any atom is -0.480 e. The number of hydrogen-bond acceptors (Lipinski definition) is 4. The number of hydroxylamine groups is 1. The van der Waals surface area contributed by atoms with Gasteiger partial charge in [0.15, 0.2) is 0 Å². The van der Waals surface area contributed by atoms with Crippen molar-refractivity contribution < 1.29 is 19.5 Å². The second kappa shape index (κ2) is 9.45. The molecule has 0 radical (unpaired) electrons. The van der Waals surface area contributed by atoms with Gasteiger partial charge in [-0.25, -0.2) is 0 Å². The van der Waals surface area contributed by atoms with Crippen LogP contribution in [-0.4, -0.2) is 23.6 Å². The molecule has 0 spiro atoms. The monoisotopic (exact) mass is 217 g/mol. The first kappa shape index (κ1) is 13.9. The Bertz CT molecular complexity index is 194. The summed E-state index contributed by atoms with van der Waals surface area (Å²) in [7, 11) is 0. The van der Waals surface area contributed by atoms with Gasteiger partial charge >= 0.3 is 11.9 Å². The van der Waals surface area contributed by atoms with E-state index in [1.165, 1.54) is 12.8 Å². The zero-order chi connectivity index (χ0) is 11.5. The Balaban J connectivity index is 3.22. The van der Waals surface area contributed by atoms with Crippen molar-refractivity contribution in [2.24, 2.45) is 0 Å². The molecule has 0 saturated heterocycles. The van der Waals surface area contributed by atoms with E-state index >= 15 is 0 Å². The van der Waals surface area contributed by atoms with Crippen LogP contribution in [0.1, 0.15) is 45.4 Å². The Morgan fingerprint density at radius 3 is 2.47 bits per heavy atom. The lowest BCUT2D eigenvalue weighted by Gasteiger charge is -2.03. The highest BCUT2D eigenvalue weighted by molar-refractivity contribution is 5.71. The predicted molar refractivity (Wildman–Crippen MR) is 55.1 cm³/mol. The molecule has 5 heteroatoms. The number of carbonyl (C=O) groups excluding carboxylic acids is 1. The van der Waals surface area contributed by atoms with E-state index in [0.29, 0.717) is 6.42 Å². The van der Waals surface area contributed by atoms with Gasteiger partial charge in [-0.15, -0.1) is 5.48 Å². The Morgan fingerprint density at radius 1 is 1.20 bits per heavy atom. The standard InChI is InChI=1S/C10H19NO4/c1-2-3-4-5-6-7-10(14)15-11-8-9(12)13/h11H,2-8H2,1H3,(H,12,13). The minimum absolute atomic E-state index is 0.344. The Kier molecular flexibility index (Phi) is 8.76. The average Bonchev–Trinajstić information content (AvgIpc) is 2.17. The summed E-state index contributed by atoms with van der Waals surface area (Å²) >= 11 is 0. The molecule has 0 aliphatic heterocycles. The molecule has 0 unspecified atom stereocenters. The van der Waals surface area contributed by atoms with Crippen LogP contribution in [0.4, 0.5) is 0 Å². The summed E-state index contributed by atoms with van der Waals surface area (Å²) in [5.41, 5.74) is 2.09. The lowest BCUT2D eigenvalue weighted by atomic mass is 10.1. The van der Waals surface area contributed by atoms with Gasteiger partial charge in [0.25, 0.3) is 0 Å². The number of aliphatic carboxylic acids is 1. The third-order valence-electron chi connectivity index (χ3n) is 1.89. The number of carbonyl (C=O) groups is 2. The highest BCUT2D eigenvalue weighted by Crippen LogP contribution is 2.05. The van der Waals surface area contributed by atoms with E-state index < -0.39 is 11.9 Å². The third-order valence-corrected chi connectivity index (χ3v) is 1.89. The molecule has 0 aromatic heterocycles. The van der Waals surface area contributed by atoms with Crippen molar-refractivity contribution in [1.82, 2.24) is 5.48 Å². The van der Waals surface area contributed by atoms with Crippen molar-refractivity contribution in [1.29, 1.82) is 0 Å². The number of rotatable bonds is 9. The van der Waals surface area contributed by atoms with Gasteiger partial charge in [-0.1, -0.05) is 32.6 Å². The molecule has 2 N–H and O–H groups in total. The molecule has 0 aromatic rings. The number of hydrogen-bond donors (Lipinski definition) is 2. The second-order valence-electron chi connectivity index (χ2n) is 3.35. The lowest BCUT2D eigenvalue weighted by molar-refractivity contribution is -0.153. The lowest BCUT2D eigenvalue weighted by Crippen LogP contribution is -2.25. The van der Waals surface area contributed by atoms with Crippen molar-refractivity contribution in [3.05, 3.63) is 0 Å². The first-order valence-corrected chi connectivity index (χ1v) is 5.31.